The Morgan fingerprint density at radius 3 is 2.39 bits per heavy atom. The van der Waals surface area contributed by atoms with E-state index >= 15 is 0 Å². The fourth-order valence-electron chi connectivity index (χ4n) is 4.03. The Morgan fingerprint density at radius 1 is 1.33 bits per heavy atom. The van der Waals surface area contributed by atoms with Crippen LogP contribution in [0.15, 0.2) is 12.4 Å². The van der Waals surface area contributed by atoms with Crippen LogP contribution >= 0.6 is 0 Å². The topological polar surface area (TPSA) is 52.1 Å². The van der Waals surface area contributed by atoms with Gasteiger partial charge in [0.05, 0.1) is 0 Å². The second-order valence-electron chi connectivity index (χ2n) is 6.84. The molecular formula is C14H23N3O. The lowest BCUT2D eigenvalue weighted by molar-refractivity contribution is -0.0869. The van der Waals surface area contributed by atoms with Crippen molar-refractivity contribution in [2.24, 2.45) is 0 Å². The van der Waals surface area contributed by atoms with Crippen LogP contribution < -0.4 is 0 Å². The van der Waals surface area contributed by atoms with Crippen LogP contribution in [-0.2, 0) is 5.60 Å². The number of aliphatic hydroxyl groups is 1. The van der Waals surface area contributed by atoms with E-state index in [1.807, 2.05) is 0 Å². The van der Waals surface area contributed by atoms with Crippen molar-refractivity contribution in [2.45, 2.75) is 69.7 Å². The lowest BCUT2D eigenvalue weighted by Gasteiger charge is -2.49. The zero-order chi connectivity index (χ0) is 13.0. The summed E-state index contributed by atoms with van der Waals surface area (Å²) < 4.78 is 0. The van der Waals surface area contributed by atoms with E-state index in [4.69, 9.17) is 0 Å². The van der Waals surface area contributed by atoms with Gasteiger partial charge in [0.2, 0.25) is 0 Å². The highest BCUT2D eigenvalue weighted by molar-refractivity contribution is 5.12. The summed E-state index contributed by atoms with van der Waals surface area (Å²) in [5, 5.41) is 10.9. The molecule has 0 aliphatic carbocycles. The van der Waals surface area contributed by atoms with Gasteiger partial charge in [-0.3, -0.25) is 4.90 Å². The molecule has 18 heavy (non-hydrogen) atoms. The molecule has 3 rings (SSSR count). The fourth-order valence-corrected chi connectivity index (χ4v) is 4.03. The van der Waals surface area contributed by atoms with Gasteiger partial charge in [-0.15, -0.1) is 0 Å². The second kappa shape index (κ2) is 3.81. The van der Waals surface area contributed by atoms with Gasteiger partial charge in [0.25, 0.3) is 0 Å². The molecule has 2 saturated heterocycles. The minimum Gasteiger partial charge on any atom is -0.382 e. The van der Waals surface area contributed by atoms with Gasteiger partial charge < -0.3 is 10.1 Å². The van der Waals surface area contributed by atoms with Gasteiger partial charge in [0.15, 0.2) is 0 Å². The van der Waals surface area contributed by atoms with Crippen molar-refractivity contribution < 1.29 is 5.11 Å². The number of piperidine rings is 1. The first-order valence-electron chi connectivity index (χ1n) is 6.91. The quantitative estimate of drug-likeness (QED) is 0.800. The number of aromatic amines is 1. The van der Waals surface area contributed by atoms with Gasteiger partial charge in [0, 0.05) is 30.0 Å². The molecule has 2 aliphatic rings. The Morgan fingerprint density at radius 2 is 1.94 bits per heavy atom. The van der Waals surface area contributed by atoms with Gasteiger partial charge in [-0.1, -0.05) is 0 Å². The lowest BCUT2D eigenvalue weighted by atomic mass is 9.83. The predicted molar refractivity (Wildman–Crippen MR) is 70.1 cm³/mol. The zero-order valence-electron chi connectivity index (χ0n) is 11.5. The molecule has 3 atom stereocenters. The van der Waals surface area contributed by atoms with Crippen molar-refractivity contribution in [1.82, 2.24) is 14.9 Å². The van der Waals surface area contributed by atoms with Crippen molar-refractivity contribution >= 4 is 0 Å². The molecule has 1 aromatic rings. The molecule has 2 N–H and O–H groups in total. The normalized spacial score (nSPS) is 37.1. The highest BCUT2D eigenvalue weighted by Gasteiger charge is 2.52. The lowest BCUT2D eigenvalue weighted by Crippen LogP contribution is -2.56. The van der Waals surface area contributed by atoms with Crippen LogP contribution in [0.5, 0.6) is 0 Å². The fraction of sp³-hybridized carbons (Fsp3) is 0.786. The van der Waals surface area contributed by atoms with Gasteiger partial charge in [-0.05, 0) is 46.5 Å². The molecule has 4 heteroatoms. The van der Waals surface area contributed by atoms with Crippen molar-refractivity contribution in [1.29, 1.82) is 0 Å². The largest absolute Gasteiger partial charge is 0.382 e. The van der Waals surface area contributed by atoms with Crippen molar-refractivity contribution in [3.8, 4) is 0 Å². The molecule has 0 aromatic carbocycles. The maximum Gasteiger partial charge on any atom is 0.138 e. The van der Waals surface area contributed by atoms with Gasteiger partial charge >= 0.3 is 0 Å². The minimum atomic E-state index is -0.753. The molecule has 0 radical (unpaired) electrons. The number of nitrogens with zero attached hydrogens (tertiary/aromatic N) is 2. The van der Waals surface area contributed by atoms with E-state index < -0.39 is 5.60 Å². The summed E-state index contributed by atoms with van der Waals surface area (Å²) in [7, 11) is 0. The first kappa shape index (κ1) is 12.2. The summed E-state index contributed by atoms with van der Waals surface area (Å²) in [5.41, 5.74) is -0.562. The Balaban J connectivity index is 1.88. The summed E-state index contributed by atoms with van der Waals surface area (Å²) in [6, 6.07) is 0.970. The molecule has 4 nitrogen and oxygen atoms in total. The summed E-state index contributed by atoms with van der Waals surface area (Å²) >= 11 is 0. The average molecular weight is 249 g/mol. The standard InChI is InChI=1S/C14H23N3O/c1-13(2,3)17-10-4-5-11(17)9-14(18,8-10)12-15-6-7-16-12/h6-7,10-11,18H,4-5,8-9H2,1-3H3,(H,15,16)/t10-,11?,14+/m1/s1. The number of H-pyrrole nitrogens is 1. The van der Waals surface area contributed by atoms with Crippen LogP contribution in [0.3, 0.4) is 0 Å². The smallest absolute Gasteiger partial charge is 0.138 e. The first-order valence-corrected chi connectivity index (χ1v) is 6.91. The van der Waals surface area contributed by atoms with Crippen molar-refractivity contribution in [2.75, 3.05) is 0 Å². The van der Waals surface area contributed by atoms with E-state index in [2.05, 4.69) is 35.6 Å². The molecule has 3 heterocycles. The van der Waals surface area contributed by atoms with E-state index in [0.717, 1.165) is 18.7 Å². The number of rotatable bonds is 1. The zero-order valence-corrected chi connectivity index (χ0v) is 11.5. The summed E-state index contributed by atoms with van der Waals surface area (Å²) in [4.78, 5) is 9.96. The van der Waals surface area contributed by atoms with Crippen LogP contribution in [0.2, 0.25) is 0 Å². The third-order valence-electron chi connectivity index (χ3n) is 4.48. The van der Waals surface area contributed by atoms with Gasteiger partial charge in [-0.25, -0.2) is 4.98 Å². The van der Waals surface area contributed by atoms with Gasteiger partial charge in [0.1, 0.15) is 11.4 Å². The average Bonchev–Trinajstić information content (AvgIpc) is 2.85. The van der Waals surface area contributed by atoms with Crippen LogP contribution in [0.4, 0.5) is 0 Å². The van der Waals surface area contributed by atoms with Crippen LogP contribution in [0.1, 0.15) is 52.3 Å². The van der Waals surface area contributed by atoms with Crippen molar-refractivity contribution in [3.05, 3.63) is 18.2 Å². The molecule has 100 valence electrons. The first-order chi connectivity index (χ1) is 8.40. The minimum absolute atomic E-state index is 0.191. The molecule has 0 spiro atoms. The van der Waals surface area contributed by atoms with E-state index in [-0.39, 0.29) is 5.54 Å². The van der Waals surface area contributed by atoms with E-state index in [1.54, 1.807) is 12.4 Å². The predicted octanol–water partition coefficient (Wildman–Crippen LogP) is 2.02. The number of imidazole rings is 1. The Labute approximate surface area is 108 Å². The monoisotopic (exact) mass is 249 g/mol. The number of hydrogen-bond donors (Lipinski definition) is 2. The Hall–Kier alpha value is -0.870. The Bertz CT molecular complexity index is 407. The summed E-state index contributed by atoms with van der Waals surface area (Å²) in [6.07, 6.45) is 7.52. The van der Waals surface area contributed by atoms with Crippen molar-refractivity contribution in [3.63, 3.8) is 0 Å². The van der Waals surface area contributed by atoms with E-state index in [9.17, 15) is 5.11 Å². The number of nitrogens with one attached hydrogen (secondary N) is 1. The molecule has 2 fully saturated rings. The third kappa shape index (κ3) is 1.79. The number of hydrogen-bond acceptors (Lipinski definition) is 3. The molecule has 1 unspecified atom stereocenters. The van der Waals surface area contributed by atoms with Crippen LogP contribution in [0.25, 0.3) is 0 Å². The summed E-state index contributed by atoms with van der Waals surface area (Å²) in [5.74, 6) is 0.743. The molecular weight excluding hydrogens is 226 g/mol. The third-order valence-corrected chi connectivity index (χ3v) is 4.48. The Kier molecular flexibility index (Phi) is 2.58. The maximum absolute atomic E-state index is 10.9. The summed E-state index contributed by atoms with van der Waals surface area (Å²) in [6.45, 7) is 6.82. The van der Waals surface area contributed by atoms with E-state index in [0.29, 0.717) is 12.1 Å². The molecule has 2 aliphatic heterocycles. The number of fused-ring (bicyclic) bond motifs is 2. The van der Waals surface area contributed by atoms with E-state index in [1.165, 1.54) is 12.8 Å². The molecule has 2 bridgehead atoms. The van der Waals surface area contributed by atoms with Crippen LogP contribution in [-0.4, -0.2) is 37.6 Å². The van der Waals surface area contributed by atoms with Crippen LogP contribution in [0, 0.1) is 0 Å². The highest BCUT2D eigenvalue weighted by Crippen LogP contribution is 2.47. The second-order valence-corrected chi connectivity index (χ2v) is 6.84. The maximum atomic E-state index is 10.9. The SMILES string of the molecule is CC(C)(C)N1C2CC[C@@H]1C[C@@](O)(c1ncc[nH]1)C2. The highest BCUT2D eigenvalue weighted by atomic mass is 16.3. The molecule has 0 saturated carbocycles. The molecule has 1 aromatic heterocycles. The van der Waals surface area contributed by atoms with Gasteiger partial charge in [-0.2, -0.15) is 0 Å². The number of aromatic nitrogens is 2. The molecule has 0 amide bonds.